The van der Waals surface area contributed by atoms with Crippen molar-refractivity contribution >= 4 is 11.7 Å². The Balaban J connectivity index is 1.86. The second-order valence-electron chi connectivity index (χ2n) is 3.68. The zero-order chi connectivity index (χ0) is 11.2. The van der Waals surface area contributed by atoms with Crippen molar-refractivity contribution in [1.82, 2.24) is 10.6 Å². The standard InChI is InChI=1S/C12H15N3O/c16-12(11-13-7-4-8-14-11)15-9-10-5-2-1-3-6-10/h1-3,5-6H,4,7-9H2,(H,13,14)(H,15,16). The Bertz CT molecular complexity index is 387. The monoisotopic (exact) mass is 217 g/mol. The molecule has 0 saturated heterocycles. The summed E-state index contributed by atoms with van der Waals surface area (Å²) in [7, 11) is 0. The van der Waals surface area contributed by atoms with Crippen molar-refractivity contribution in [3.63, 3.8) is 0 Å². The quantitative estimate of drug-likeness (QED) is 0.783. The molecule has 0 aromatic heterocycles. The molecule has 2 N–H and O–H groups in total. The van der Waals surface area contributed by atoms with E-state index in [4.69, 9.17) is 0 Å². The summed E-state index contributed by atoms with van der Waals surface area (Å²) in [4.78, 5) is 15.8. The zero-order valence-corrected chi connectivity index (χ0v) is 9.07. The number of nitrogens with zero attached hydrogens (tertiary/aromatic N) is 1. The fourth-order valence-electron chi connectivity index (χ4n) is 1.55. The van der Waals surface area contributed by atoms with E-state index in [2.05, 4.69) is 15.6 Å². The third-order valence-corrected chi connectivity index (χ3v) is 2.41. The van der Waals surface area contributed by atoms with E-state index in [0.717, 1.165) is 25.1 Å². The van der Waals surface area contributed by atoms with Gasteiger partial charge in [0, 0.05) is 19.6 Å². The molecule has 0 unspecified atom stereocenters. The van der Waals surface area contributed by atoms with Crippen LogP contribution >= 0.6 is 0 Å². The van der Waals surface area contributed by atoms with Crippen molar-refractivity contribution < 1.29 is 4.79 Å². The summed E-state index contributed by atoms with van der Waals surface area (Å²) in [5.74, 6) is 0.339. The third kappa shape index (κ3) is 2.82. The van der Waals surface area contributed by atoms with Gasteiger partial charge >= 0.3 is 0 Å². The highest BCUT2D eigenvalue weighted by atomic mass is 16.2. The molecule has 16 heavy (non-hydrogen) atoms. The van der Waals surface area contributed by atoms with E-state index in [0.29, 0.717) is 12.4 Å². The van der Waals surface area contributed by atoms with Crippen LogP contribution in [0.1, 0.15) is 12.0 Å². The van der Waals surface area contributed by atoms with E-state index in [1.54, 1.807) is 0 Å². The highest BCUT2D eigenvalue weighted by Crippen LogP contribution is 1.97. The lowest BCUT2D eigenvalue weighted by molar-refractivity contribution is -0.115. The lowest BCUT2D eigenvalue weighted by atomic mass is 10.2. The molecule has 0 spiro atoms. The van der Waals surface area contributed by atoms with E-state index in [9.17, 15) is 4.79 Å². The first-order valence-electron chi connectivity index (χ1n) is 5.47. The van der Waals surface area contributed by atoms with Gasteiger partial charge in [0.25, 0.3) is 5.91 Å². The summed E-state index contributed by atoms with van der Waals surface area (Å²) in [5.41, 5.74) is 1.09. The number of amidine groups is 1. The zero-order valence-electron chi connectivity index (χ0n) is 9.07. The van der Waals surface area contributed by atoms with Crippen LogP contribution in [-0.4, -0.2) is 24.8 Å². The molecule has 0 atom stereocenters. The molecule has 1 aliphatic heterocycles. The number of benzene rings is 1. The first-order valence-corrected chi connectivity index (χ1v) is 5.47. The second-order valence-corrected chi connectivity index (χ2v) is 3.68. The Kier molecular flexibility index (Phi) is 3.53. The molecule has 0 aliphatic carbocycles. The molecule has 0 bridgehead atoms. The van der Waals surface area contributed by atoms with Crippen LogP contribution in [0.25, 0.3) is 0 Å². The van der Waals surface area contributed by atoms with E-state index in [-0.39, 0.29) is 5.91 Å². The van der Waals surface area contributed by atoms with Crippen LogP contribution < -0.4 is 10.6 Å². The van der Waals surface area contributed by atoms with E-state index in [1.165, 1.54) is 0 Å². The van der Waals surface area contributed by atoms with Gasteiger partial charge in [-0.15, -0.1) is 0 Å². The van der Waals surface area contributed by atoms with Crippen molar-refractivity contribution in [1.29, 1.82) is 0 Å². The lowest BCUT2D eigenvalue weighted by Gasteiger charge is -2.13. The van der Waals surface area contributed by atoms with Gasteiger partial charge in [-0.05, 0) is 12.0 Å². The van der Waals surface area contributed by atoms with Crippen LogP contribution in [0.15, 0.2) is 35.3 Å². The molecule has 0 fully saturated rings. The molecule has 1 aliphatic rings. The number of amides is 1. The summed E-state index contributed by atoms with van der Waals surface area (Å²) in [5, 5.41) is 5.83. The van der Waals surface area contributed by atoms with Gasteiger partial charge in [0.2, 0.25) is 0 Å². The van der Waals surface area contributed by atoms with Crippen LogP contribution in [0.4, 0.5) is 0 Å². The molecule has 4 heteroatoms. The van der Waals surface area contributed by atoms with Crippen LogP contribution in [0.3, 0.4) is 0 Å². The van der Waals surface area contributed by atoms with Crippen LogP contribution in [0.5, 0.6) is 0 Å². The van der Waals surface area contributed by atoms with Gasteiger partial charge in [0.05, 0.1) is 0 Å². The van der Waals surface area contributed by atoms with Crippen LogP contribution in [-0.2, 0) is 11.3 Å². The highest BCUT2D eigenvalue weighted by molar-refractivity contribution is 6.37. The smallest absolute Gasteiger partial charge is 0.286 e. The lowest BCUT2D eigenvalue weighted by Crippen LogP contribution is -2.42. The van der Waals surface area contributed by atoms with E-state index < -0.39 is 0 Å². The molecule has 1 aromatic carbocycles. The molecule has 2 rings (SSSR count). The maximum absolute atomic E-state index is 11.7. The van der Waals surface area contributed by atoms with Crippen molar-refractivity contribution in [2.75, 3.05) is 13.1 Å². The highest BCUT2D eigenvalue weighted by Gasteiger charge is 2.12. The number of nitrogens with one attached hydrogen (secondary N) is 2. The van der Waals surface area contributed by atoms with Crippen molar-refractivity contribution in [2.45, 2.75) is 13.0 Å². The average molecular weight is 217 g/mol. The molecule has 4 nitrogen and oxygen atoms in total. The molecule has 0 radical (unpaired) electrons. The maximum Gasteiger partial charge on any atom is 0.286 e. The minimum Gasteiger partial charge on any atom is -0.366 e. The van der Waals surface area contributed by atoms with Crippen molar-refractivity contribution in [3.05, 3.63) is 35.9 Å². The second kappa shape index (κ2) is 5.30. The largest absolute Gasteiger partial charge is 0.366 e. The number of carbonyl (C=O) groups excluding carboxylic acids is 1. The Morgan fingerprint density at radius 3 is 2.88 bits per heavy atom. The Morgan fingerprint density at radius 1 is 1.38 bits per heavy atom. The number of rotatable bonds is 3. The van der Waals surface area contributed by atoms with E-state index in [1.807, 2.05) is 30.3 Å². The first-order chi connectivity index (χ1) is 7.86. The Morgan fingerprint density at radius 2 is 2.19 bits per heavy atom. The SMILES string of the molecule is O=C(NCc1ccccc1)C1=NCCCN1. The third-order valence-electron chi connectivity index (χ3n) is 2.41. The topological polar surface area (TPSA) is 53.5 Å². The number of carbonyl (C=O) groups is 1. The summed E-state index contributed by atoms with van der Waals surface area (Å²) in [6.07, 6.45) is 0.996. The number of hydrogen-bond acceptors (Lipinski definition) is 3. The summed E-state index contributed by atoms with van der Waals surface area (Å²) in [6, 6.07) is 9.83. The first kappa shape index (κ1) is 10.7. The molecular formula is C12H15N3O. The Labute approximate surface area is 94.8 Å². The van der Waals surface area contributed by atoms with Gasteiger partial charge in [-0.25, -0.2) is 0 Å². The maximum atomic E-state index is 11.7. The average Bonchev–Trinajstić information content (AvgIpc) is 2.38. The van der Waals surface area contributed by atoms with Crippen molar-refractivity contribution in [3.8, 4) is 0 Å². The fraction of sp³-hybridized carbons (Fsp3) is 0.333. The molecule has 0 saturated carbocycles. The number of hydrogen-bond donors (Lipinski definition) is 2. The molecule has 1 amide bonds. The fourth-order valence-corrected chi connectivity index (χ4v) is 1.55. The van der Waals surface area contributed by atoms with Gasteiger partial charge in [0.15, 0.2) is 5.84 Å². The minimum atomic E-state index is -0.122. The molecule has 84 valence electrons. The van der Waals surface area contributed by atoms with Gasteiger partial charge in [0.1, 0.15) is 0 Å². The summed E-state index contributed by atoms with van der Waals surface area (Å²) >= 11 is 0. The van der Waals surface area contributed by atoms with E-state index >= 15 is 0 Å². The van der Waals surface area contributed by atoms with Gasteiger partial charge < -0.3 is 10.6 Å². The Hall–Kier alpha value is -1.84. The van der Waals surface area contributed by atoms with Crippen LogP contribution in [0.2, 0.25) is 0 Å². The predicted octanol–water partition coefficient (Wildman–Crippen LogP) is 0.695. The summed E-state index contributed by atoms with van der Waals surface area (Å²) < 4.78 is 0. The van der Waals surface area contributed by atoms with Gasteiger partial charge in [-0.1, -0.05) is 30.3 Å². The number of aliphatic imine (C=N–C) groups is 1. The van der Waals surface area contributed by atoms with Gasteiger partial charge in [-0.2, -0.15) is 0 Å². The normalized spacial score (nSPS) is 14.9. The summed E-state index contributed by atoms with van der Waals surface area (Å²) in [6.45, 7) is 2.11. The predicted molar refractivity (Wildman–Crippen MR) is 63.2 cm³/mol. The molecule has 1 heterocycles. The van der Waals surface area contributed by atoms with Crippen LogP contribution in [0, 0.1) is 0 Å². The minimum absolute atomic E-state index is 0.122. The van der Waals surface area contributed by atoms with Gasteiger partial charge in [-0.3, -0.25) is 9.79 Å². The molecular weight excluding hydrogens is 202 g/mol. The molecule has 1 aromatic rings. The van der Waals surface area contributed by atoms with Crippen molar-refractivity contribution in [2.24, 2.45) is 4.99 Å².